The highest BCUT2D eigenvalue weighted by atomic mass is 19.1. The molecule has 0 saturated heterocycles. The summed E-state index contributed by atoms with van der Waals surface area (Å²) >= 11 is 0. The van der Waals surface area contributed by atoms with Gasteiger partial charge in [-0.3, -0.25) is 4.79 Å². The number of hydrogen-bond donors (Lipinski definition) is 2. The number of aliphatic hydroxyl groups excluding tert-OH is 1. The van der Waals surface area contributed by atoms with E-state index in [0.717, 1.165) is 6.07 Å². The largest absolute Gasteiger partial charge is 0.392 e. The molecule has 0 aliphatic rings. The normalized spacial score (nSPS) is 10.7. The number of carbonyl (C=O) groups is 1. The van der Waals surface area contributed by atoms with Crippen LogP contribution in [0.15, 0.2) is 12.1 Å². The van der Waals surface area contributed by atoms with Gasteiger partial charge in [-0.25, -0.2) is 4.39 Å². The van der Waals surface area contributed by atoms with Crippen LogP contribution in [0.4, 0.5) is 4.39 Å². The van der Waals surface area contributed by atoms with E-state index in [9.17, 15) is 9.18 Å². The van der Waals surface area contributed by atoms with Gasteiger partial charge in [0.1, 0.15) is 5.82 Å². The summed E-state index contributed by atoms with van der Waals surface area (Å²) in [7, 11) is 0. The van der Waals surface area contributed by atoms with E-state index < -0.39 is 11.7 Å². The predicted octanol–water partition coefficient (Wildman–Crippen LogP) is 1.54. The molecule has 0 aliphatic heterocycles. The molecule has 0 spiro atoms. The predicted molar refractivity (Wildman–Crippen MR) is 54.9 cm³/mol. The third kappa shape index (κ3) is 2.33. The first-order valence-corrected chi connectivity index (χ1v) is 4.70. The maximum Gasteiger partial charge on any atom is 0.248 e. The van der Waals surface area contributed by atoms with Crippen LogP contribution in [-0.2, 0) is 6.61 Å². The number of primary amides is 1. The molecular weight excluding hydrogens is 197 g/mol. The molecule has 1 amide bonds. The molecule has 0 aromatic heterocycles. The molecule has 0 radical (unpaired) electrons. The van der Waals surface area contributed by atoms with Gasteiger partial charge in [0.05, 0.1) is 6.61 Å². The van der Waals surface area contributed by atoms with Crippen LogP contribution < -0.4 is 5.73 Å². The summed E-state index contributed by atoms with van der Waals surface area (Å²) in [6.07, 6.45) is 0. The molecule has 0 heterocycles. The van der Waals surface area contributed by atoms with E-state index in [-0.39, 0.29) is 18.1 Å². The van der Waals surface area contributed by atoms with Crippen molar-refractivity contribution in [2.45, 2.75) is 26.4 Å². The fourth-order valence-electron chi connectivity index (χ4n) is 1.59. The van der Waals surface area contributed by atoms with Crippen molar-refractivity contribution < 1.29 is 14.3 Å². The van der Waals surface area contributed by atoms with Crippen LogP contribution in [0, 0.1) is 5.82 Å². The van der Waals surface area contributed by atoms with Gasteiger partial charge >= 0.3 is 0 Å². The average Bonchev–Trinajstić information content (AvgIpc) is 2.15. The number of hydrogen-bond acceptors (Lipinski definition) is 2. The van der Waals surface area contributed by atoms with Crippen molar-refractivity contribution in [2.75, 3.05) is 0 Å². The van der Waals surface area contributed by atoms with Crippen LogP contribution in [0.1, 0.15) is 41.3 Å². The molecule has 4 heteroatoms. The average molecular weight is 211 g/mol. The van der Waals surface area contributed by atoms with E-state index in [0.29, 0.717) is 11.1 Å². The van der Waals surface area contributed by atoms with Crippen LogP contribution in [0.25, 0.3) is 0 Å². The van der Waals surface area contributed by atoms with Crippen LogP contribution in [0.5, 0.6) is 0 Å². The lowest BCUT2D eigenvalue weighted by atomic mass is 9.95. The quantitative estimate of drug-likeness (QED) is 0.796. The van der Waals surface area contributed by atoms with Crippen molar-refractivity contribution in [3.8, 4) is 0 Å². The van der Waals surface area contributed by atoms with Crippen molar-refractivity contribution in [3.05, 3.63) is 34.6 Å². The first kappa shape index (κ1) is 11.7. The van der Waals surface area contributed by atoms with Gasteiger partial charge in [0.25, 0.3) is 0 Å². The minimum atomic E-state index is -0.695. The van der Waals surface area contributed by atoms with Crippen LogP contribution in [0.2, 0.25) is 0 Å². The van der Waals surface area contributed by atoms with E-state index in [1.807, 2.05) is 13.8 Å². The van der Waals surface area contributed by atoms with E-state index in [1.165, 1.54) is 6.07 Å². The van der Waals surface area contributed by atoms with Gasteiger partial charge in [-0.2, -0.15) is 0 Å². The lowest BCUT2D eigenvalue weighted by molar-refractivity contribution is 0.0999. The second-order valence-corrected chi connectivity index (χ2v) is 3.71. The molecule has 0 saturated carbocycles. The Morgan fingerprint density at radius 1 is 1.53 bits per heavy atom. The van der Waals surface area contributed by atoms with Gasteiger partial charge in [0.15, 0.2) is 0 Å². The molecular formula is C11H14FNO2. The second kappa shape index (κ2) is 4.40. The Morgan fingerprint density at radius 3 is 2.53 bits per heavy atom. The number of halogens is 1. The first-order chi connectivity index (χ1) is 6.97. The molecule has 0 fully saturated rings. The van der Waals surface area contributed by atoms with Crippen LogP contribution >= 0.6 is 0 Å². The van der Waals surface area contributed by atoms with Gasteiger partial charge in [-0.05, 0) is 29.2 Å². The summed E-state index contributed by atoms with van der Waals surface area (Å²) in [4.78, 5) is 10.9. The van der Waals surface area contributed by atoms with Crippen molar-refractivity contribution in [2.24, 2.45) is 5.73 Å². The number of aliphatic hydroxyl groups is 1. The highest BCUT2D eigenvalue weighted by Gasteiger charge is 2.15. The molecule has 82 valence electrons. The fraction of sp³-hybridized carbons (Fsp3) is 0.364. The van der Waals surface area contributed by atoms with Gasteiger partial charge < -0.3 is 10.8 Å². The van der Waals surface area contributed by atoms with Crippen molar-refractivity contribution in [1.29, 1.82) is 0 Å². The summed E-state index contributed by atoms with van der Waals surface area (Å²) in [6.45, 7) is 3.34. The number of rotatable bonds is 3. The Hall–Kier alpha value is -1.42. The number of amides is 1. The standard InChI is InChI=1S/C11H14FNO2/c1-6(2)10-8(5-14)3-7(11(13)15)4-9(10)12/h3-4,6,14H,5H2,1-2H3,(H2,13,15). The molecule has 0 bridgehead atoms. The maximum absolute atomic E-state index is 13.6. The molecule has 3 N–H and O–H groups in total. The molecule has 0 atom stereocenters. The zero-order valence-corrected chi connectivity index (χ0v) is 8.75. The van der Waals surface area contributed by atoms with Crippen LogP contribution in [0.3, 0.4) is 0 Å². The number of nitrogens with two attached hydrogens (primary N) is 1. The maximum atomic E-state index is 13.6. The SMILES string of the molecule is CC(C)c1c(F)cc(C(N)=O)cc1CO. The van der Waals surface area contributed by atoms with Gasteiger partial charge in [-0.15, -0.1) is 0 Å². The topological polar surface area (TPSA) is 63.3 Å². The Bertz CT molecular complexity index is 388. The zero-order chi connectivity index (χ0) is 11.6. The molecule has 1 aromatic carbocycles. The summed E-state index contributed by atoms with van der Waals surface area (Å²) in [5, 5.41) is 9.08. The van der Waals surface area contributed by atoms with Crippen molar-refractivity contribution in [3.63, 3.8) is 0 Å². The minimum Gasteiger partial charge on any atom is -0.392 e. The molecule has 0 unspecified atom stereocenters. The zero-order valence-electron chi connectivity index (χ0n) is 8.75. The van der Waals surface area contributed by atoms with Gasteiger partial charge in [0.2, 0.25) is 5.91 Å². The number of carbonyl (C=O) groups excluding carboxylic acids is 1. The third-order valence-corrected chi connectivity index (χ3v) is 2.25. The monoisotopic (exact) mass is 211 g/mol. The Balaban J connectivity index is 3.37. The van der Waals surface area contributed by atoms with Crippen molar-refractivity contribution in [1.82, 2.24) is 0 Å². The third-order valence-electron chi connectivity index (χ3n) is 2.25. The van der Waals surface area contributed by atoms with Gasteiger partial charge in [0, 0.05) is 5.56 Å². The van der Waals surface area contributed by atoms with E-state index in [1.54, 1.807) is 0 Å². The summed E-state index contributed by atoms with van der Waals surface area (Å²) in [5.41, 5.74) is 5.98. The minimum absolute atomic E-state index is 0.0472. The van der Waals surface area contributed by atoms with Crippen molar-refractivity contribution >= 4 is 5.91 Å². The summed E-state index contributed by atoms with van der Waals surface area (Å²) < 4.78 is 13.6. The first-order valence-electron chi connectivity index (χ1n) is 4.70. The molecule has 1 aromatic rings. The Labute approximate surface area is 87.7 Å². The van der Waals surface area contributed by atoms with Crippen LogP contribution in [-0.4, -0.2) is 11.0 Å². The lowest BCUT2D eigenvalue weighted by Crippen LogP contribution is -2.13. The number of benzene rings is 1. The summed E-state index contributed by atoms with van der Waals surface area (Å²) in [6, 6.07) is 2.54. The van der Waals surface area contributed by atoms with E-state index in [4.69, 9.17) is 10.8 Å². The summed E-state index contributed by atoms with van der Waals surface area (Å²) in [5.74, 6) is -1.24. The lowest BCUT2D eigenvalue weighted by Gasteiger charge is -2.13. The molecule has 1 rings (SSSR count). The highest BCUT2D eigenvalue weighted by molar-refractivity contribution is 5.93. The molecule has 3 nitrogen and oxygen atoms in total. The highest BCUT2D eigenvalue weighted by Crippen LogP contribution is 2.24. The smallest absolute Gasteiger partial charge is 0.248 e. The fourth-order valence-corrected chi connectivity index (χ4v) is 1.59. The Kier molecular flexibility index (Phi) is 3.42. The molecule has 0 aliphatic carbocycles. The second-order valence-electron chi connectivity index (χ2n) is 3.71. The van der Waals surface area contributed by atoms with E-state index >= 15 is 0 Å². The van der Waals surface area contributed by atoms with Gasteiger partial charge in [-0.1, -0.05) is 13.8 Å². The molecule has 15 heavy (non-hydrogen) atoms. The Morgan fingerprint density at radius 2 is 2.13 bits per heavy atom. The van der Waals surface area contributed by atoms with E-state index in [2.05, 4.69) is 0 Å².